The number of carbonyl (C=O) groups excluding carboxylic acids is 1. The lowest BCUT2D eigenvalue weighted by Crippen LogP contribution is -2.09. The topological polar surface area (TPSA) is 63.6 Å². The van der Waals surface area contributed by atoms with Crippen LogP contribution in [-0.4, -0.2) is 23.5 Å². The first-order valence-electron chi connectivity index (χ1n) is 6.44. The molecule has 104 valence electrons. The Morgan fingerprint density at radius 2 is 1.89 bits per heavy atom. The van der Waals surface area contributed by atoms with Crippen LogP contribution in [0.3, 0.4) is 0 Å². The second-order valence-electron chi connectivity index (χ2n) is 4.62. The van der Waals surface area contributed by atoms with Crippen molar-refractivity contribution in [3.05, 3.63) is 28.8 Å². The van der Waals surface area contributed by atoms with Crippen molar-refractivity contribution in [1.82, 2.24) is 0 Å². The molecule has 4 heteroatoms. The van der Waals surface area contributed by atoms with Crippen molar-refractivity contribution in [2.24, 2.45) is 0 Å². The minimum absolute atomic E-state index is 0.000706. The van der Waals surface area contributed by atoms with Crippen LogP contribution in [0.5, 0.6) is 5.75 Å². The van der Waals surface area contributed by atoms with Crippen molar-refractivity contribution < 1.29 is 19.4 Å². The summed E-state index contributed by atoms with van der Waals surface area (Å²) in [5.41, 5.74) is 2.37. The normalized spacial score (nSPS) is 10.3. The Kier molecular flexibility index (Phi) is 5.55. The summed E-state index contributed by atoms with van der Waals surface area (Å²) < 4.78 is 5.63. The zero-order valence-corrected chi connectivity index (χ0v) is 11.7. The fourth-order valence-corrected chi connectivity index (χ4v) is 1.91. The lowest BCUT2D eigenvalue weighted by Gasteiger charge is -2.14. The Labute approximate surface area is 113 Å². The summed E-state index contributed by atoms with van der Waals surface area (Å²) in [5.74, 6) is -0.558. The summed E-state index contributed by atoms with van der Waals surface area (Å²) in [6, 6.07) is 3.72. The fourth-order valence-electron chi connectivity index (χ4n) is 1.91. The third kappa shape index (κ3) is 4.39. The highest BCUT2D eigenvalue weighted by atomic mass is 16.5. The number of hydrogen-bond donors (Lipinski definition) is 1. The van der Waals surface area contributed by atoms with Crippen LogP contribution >= 0.6 is 0 Å². The van der Waals surface area contributed by atoms with E-state index < -0.39 is 5.97 Å². The lowest BCUT2D eigenvalue weighted by atomic mass is 10.00. The van der Waals surface area contributed by atoms with Crippen molar-refractivity contribution in [1.29, 1.82) is 0 Å². The molecule has 1 N–H and O–H groups in total. The maximum absolute atomic E-state index is 12.1. The molecule has 1 rings (SSSR count). The van der Waals surface area contributed by atoms with Crippen LogP contribution in [0.4, 0.5) is 0 Å². The monoisotopic (exact) mass is 264 g/mol. The highest BCUT2D eigenvalue weighted by Crippen LogP contribution is 2.27. The molecule has 0 radical (unpaired) electrons. The smallest absolute Gasteiger partial charge is 0.303 e. The molecule has 0 aliphatic heterocycles. The van der Waals surface area contributed by atoms with Crippen LogP contribution in [0.15, 0.2) is 12.1 Å². The number of benzene rings is 1. The molecule has 0 saturated carbocycles. The van der Waals surface area contributed by atoms with Gasteiger partial charge in [-0.3, -0.25) is 9.59 Å². The maximum atomic E-state index is 12.1. The predicted molar refractivity (Wildman–Crippen MR) is 72.9 cm³/mol. The van der Waals surface area contributed by atoms with E-state index in [1.807, 2.05) is 26.8 Å². The SMILES string of the molecule is CCCOc1c(C)cc(C)cc1C(=O)CCC(=O)O. The molecule has 0 heterocycles. The summed E-state index contributed by atoms with van der Waals surface area (Å²) in [7, 11) is 0. The molecule has 0 bridgehead atoms. The van der Waals surface area contributed by atoms with Crippen LogP contribution in [0.2, 0.25) is 0 Å². The summed E-state index contributed by atoms with van der Waals surface area (Å²) in [6.07, 6.45) is 0.704. The third-order valence-electron chi connectivity index (χ3n) is 2.74. The Hall–Kier alpha value is -1.84. The quantitative estimate of drug-likeness (QED) is 0.768. The van der Waals surface area contributed by atoms with E-state index in [4.69, 9.17) is 9.84 Å². The van der Waals surface area contributed by atoms with Gasteiger partial charge in [0.05, 0.1) is 18.6 Å². The molecular weight excluding hydrogens is 244 g/mol. The van der Waals surface area contributed by atoms with E-state index in [0.717, 1.165) is 17.5 Å². The largest absolute Gasteiger partial charge is 0.493 e. The van der Waals surface area contributed by atoms with Gasteiger partial charge in [-0.1, -0.05) is 13.0 Å². The molecule has 19 heavy (non-hydrogen) atoms. The van der Waals surface area contributed by atoms with Gasteiger partial charge in [-0.25, -0.2) is 0 Å². The third-order valence-corrected chi connectivity index (χ3v) is 2.74. The van der Waals surface area contributed by atoms with Gasteiger partial charge in [0, 0.05) is 6.42 Å². The number of rotatable bonds is 7. The first-order chi connectivity index (χ1) is 8.95. The van der Waals surface area contributed by atoms with Gasteiger partial charge >= 0.3 is 5.97 Å². The molecule has 1 aromatic carbocycles. The zero-order chi connectivity index (χ0) is 14.4. The van der Waals surface area contributed by atoms with E-state index in [1.54, 1.807) is 6.07 Å². The van der Waals surface area contributed by atoms with Crippen molar-refractivity contribution >= 4 is 11.8 Å². The Balaban J connectivity index is 3.02. The second-order valence-corrected chi connectivity index (χ2v) is 4.62. The van der Waals surface area contributed by atoms with Gasteiger partial charge in [0.2, 0.25) is 0 Å². The standard InChI is InChI=1S/C15H20O4/c1-4-7-19-15-11(3)8-10(2)9-12(15)13(16)5-6-14(17)18/h8-9H,4-7H2,1-3H3,(H,17,18). The number of aliphatic carboxylic acids is 1. The van der Waals surface area contributed by atoms with E-state index in [1.165, 1.54) is 0 Å². The number of carbonyl (C=O) groups is 2. The predicted octanol–water partition coefficient (Wildman–Crippen LogP) is 3.14. The molecule has 0 fully saturated rings. The van der Waals surface area contributed by atoms with Crippen LogP contribution in [0.1, 0.15) is 47.7 Å². The van der Waals surface area contributed by atoms with Gasteiger partial charge in [-0.05, 0) is 37.5 Å². The van der Waals surface area contributed by atoms with E-state index in [-0.39, 0.29) is 18.6 Å². The minimum Gasteiger partial charge on any atom is -0.493 e. The highest BCUT2D eigenvalue weighted by Gasteiger charge is 2.16. The molecule has 0 spiro atoms. The lowest BCUT2D eigenvalue weighted by molar-refractivity contribution is -0.136. The number of hydrogen-bond acceptors (Lipinski definition) is 3. The molecular formula is C15H20O4. The molecule has 0 unspecified atom stereocenters. The zero-order valence-electron chi connectivity index (χ0n) is 11.7. The van der Waals surface area contributed by atoms with Gasteiger partial charge in [-0.15, -0.1) is 0 Å². The Morgan fingerprint density at radius 1 is 1.21 bits per heavy atom. The summed E-state index contributed by atoms with van der Waals surface area (Å²) in [6.45, 7) is 6.34. The highest BCUT2D eigenvalue weighted by molar-refractivity contribution is 6.00. The van der Waals surface area contributed by atoms with Crippen LogP contribution in [0.25, 0.3) is 0 Å². The molecule has 0 saturated heterocycles. The van der Waals surface area contributed by atoms with E-state index in [0.29, 0.717) is 17.9 Å². The Bertz CT molecular complexity index is 477. The number of ketones is 1. The maximum Gasteiger partial charge on any atom is 0.303 e. The minimum atomic E-state index is -0.964. The van der Waals surface area contributed by atoms with Crippen molar-refractivity contribution in [3.8, 4) is 5.75 Å². The molecule has 4 nitrogen and oxygen atoms in total. The van der Waals surface area contributed by atoms with Crippen molar-refractivity contribution in [3.63, 3.8) is 0 Å². The number of ether oxygens (including phenoxy) is 1. The number of Topliss-reactive ketones (excluding diaryl/α,β-unsaturated/α-hetero) is 1. The molecule has 0 aliphatic rings. The number of aryl methyl sites for hydroxylation is 2. The van der Waals surface area contributed by atoms with E-state index in [2.05, 4.69) is 0 Å². The van der Waals surface area contributed by atoms with Gasteiger partial charge in [0.25, 0.3) is 0 Å². The van der Waals surface area contributed by atoms with E-state index >= 15 is 0 Å². The first kappa shape index (κ1) is 15.2. The van der Waals surface area contributed by atoms with Crippen LogP contribution in [0, 0.1) is 13.8 Å². The van der Waals surface area contributed by atoms with Crippen LogP contribution in [-0.2, 0) is 4.79 Å². The van der Waals surface area contributed by atoms with E-state index in [9.17, 15) is 9.59 Å². The second kappa shape index (κ2) is 6.92. The Morgan fingerprint density at radius 3 is 2.47 bits per heavy atom. The molecule has 0 amide bonds. The summed E-state index contributed by atoms with van der Waals surface area (Å²) in [4.78, 5) is 22.6. The number of carboxylic acid groups (broad SMARTS) is 1. The average molecular weight is 264 g/mol. The molecule has 0 aliphatic carbocycles. The van der Waals surface area contributed by atoms with Gasteiger partial charge in [-0.2, -0.15) is 0 Å². The number of carboxylic acids is 1. The van der Waals surface area contributed by atoms with Gasteiger partial charge < -0.3 is 9.84 Å². The van der Waals surface area contributed by atoms with Crippen molar-refractivity contribution in [2.45, 2.75) is 40.0 Å². The molecule has 0 atom stereocenters. The fraction of sp³-hybridized carbons (Fsp3) is 0.467. The first-order valence-corrected chi connectivity index (χ1v) is 6.44. The van der Waals surface area contributed by atoms with Gasteiger partial charge in [0.1, 0.15) is 5.75 Å². The summed E-state index contributed by atoms with van der Waals surface area (Å²) >= 11 is 0. The van der Waals surface area contributed by atoms with Gasteiger partial charge in [0.15, 0.2) is 5.78 Å². The summed E-state index contributed by atoms with van der Waals surface area (Å²) in [5, 5.41) is 8.65. The average Bonchev–Trinajstić information content (AvgIpc) is 2.34. The van der Waals surface area contributed by atoms with Crippen molar-refractivity contribution in [2.75, 3.05) is 6.61 Å². The van der Waals surface area contributed by atoms with Crippen LogP contribution < -0.4 is 4.74 Å². The molecule has 1 aromatic rings. The molecule has 0 aromatic heterocycles.